The van der Waals surface area contributed by atoms with Gasteiger partial charge in [0, 0.05) is 36.6 Å². The quantitative estimate of drug-likeness (QED) is 0.671. The molecule has 0 spiro atoms. The number of nitrogens with zero attached hydrogens (tertiary/aromatic N) is 5. The van der Waals surface area contributed by atoms with Crippen LogP contribution in [-0.2, 0) is 13.1 Å². The van der Waals surface area contributed by atoms with E-state index in [1.54, 1.807) is 25.6 Å². The van der Waals surface area contributed by atoms with Crippen LogP contribution in [0.2, 0.25) is 0 Å². The topological polar surface area (TPSA) is 65.3 Å². The minimum Gasteiger partial charge on any atom is -0.497 e. The summed E-state index contributed by atoms with van der Waals surface area (Å²) in [6.07, 6.45) is 0. The van der Waals surface area contributed by atoms with Crippen molar-refractivity contribution in [3.8, 4) is 23.0 Å². The first kappa shape index (κ1) is 17.9. The minimum absolute atomic E-state index is 0.159. The predicted molar refractivity (Wildman–Crippen MR) is 104 cm³/mol. The SMILES string of the molecule is COc1ccc(CN2CCn3c(-c4csc(C)n4)nnc3[C@H]2C)c(OC)c1. The third-order valence-electron chi connectivity index (χ3n) is 5.03. The van der Waals surface area contributed by atoms with Crippen molar-refractivity contribution < 1.29 is 9.47 Å². The third kappa shape index (κ3) is 3.30. The molecule has 0 amide bonds. The summed E-state index contributed by atoms with van der Waals surface area (Å²) in [6.45, 7) is 6.72. The van der Waals surface area contributed by atoms with Crippen molar-refractivity contribution in [3.05, 3.63) is 40.0 Å². The summed E-state index contributed by atoms with van der Waals surface area (Å²) in [4.78, 5) is 6.96. The van der Waals surface area contributed by atoms with Crippen LogP contribution in [0.1, 0.15) is 29.4 Å². The number of aromatic nitrogens is 4. The van der Waals surface area contributed by atoms with Crippen LogP contribution in [0.3, 0.4) is 0 Å². The largest absolute Gasteiger partial charge is 0.497 e. The third-order valence-corrected chi connectivity index (χ3v) is 5.80. The maximum Gasteiger partial charge on any atom is 0.183 e. The Morgan fingerprint density at radius 3 is 2.74 bits per heavy atom. The van der Waals surface area contributed by atoms with Gasteiger partial charge in [-0.3, -0.25) is 4.90 Å². The average molecular weight is 385 g/mol. The summed E-state index contributed by atoms with van der Waals surface area (Å²) < 4.78 is 13.0. The molecule has 1 aliphatic rings. The minimum atomic E-state index is 0.159. The van der Waals surface area contributed by atoms with Gasteiger partial charge in [-0.25, -0.2) is 4.98 Å². The van der Waals surface area contributed by atoms with Crippen LogP contribution in [-0.4, -0.2) is 45.4 Å². The molecule has 27 heavy (non-hydrogen) atoms. The van der Waals surface area contributed by atoms with Crippen molar-refractivity contribution in [1.82, 2.24) is 24.6 Å². The number of methoxy groups -OCH3 is 2. The molecule has 0 fully saturated rings. The normalized spacial score (nSPS) is 17.0. The number of hydrogen-bond acceptors (Lipinski definition) is 7. The first-order valence-corrected chi connectivity index (χ1v) is 9.79. The van der Waals surface area contributed by atoms with E-state index in [1.807, 2.05) is 24.4 Å². The fourth-order valence-corrected chi connectivity index (χ4v) is 4.09. The van der Waals surface area contributed by atoms with Crippen molar-refractivity contribution in [2.75, 3.05) is 20.8 Å². The summed E-state index contributed by atoms with van der Waals surface area (Å²) in [5.41, 5.74) is 2.04. The second-order valence-corrected chi connectivity index (χ2v) is 7.67. The van der Waals surface area contributed by atoms with Crippen LogP contribution < -0.4 is 9.47 Å². The summed E-state index contributed by atoms with van der Waals surface area (Å²) in [5, 5.41) is 12.0. The van der Waals surface area contributed by atoms with E-state index in [9.17, 15) is 0 Å². The number of benzene rings is 1. The van der Waals surface area contributed by atoms with Crippen molar-refractivity contribution in [1.29, 1.82) is 0 Å². The number of fused-ring (bicyclic) bond motifs is 1. The van der Waals surface area contributed by atoms with Crippen LogP contribution in [0.4, 0.5) is 0 Å². The van der Waals surface area contributed by atoms with Crippen molar-refractivity contribution >= 4 is 11.3 Å². The second-order valence-electron chi connectivity index (χ2n) is 6.61. The molecule has 7 nitrogen and oxygen atoms in total. The molecule has 1 aromatic carbocycles. The van der Waals surface area contributed by atoms with Crippen LogP contribution in [0.5, 0.6) is 11.5 Å². The Morgan fingerprint density at radius 2 is 2.04 bits per heavy atom. The lowest BCUT2D eigenvalue weighted by molar-refractivity contribution is 0.155. The van der Waals surface area contributed by atoms with E-state index in [-0.39, 0.29) is 6.04 Å². The van der Waals surface area contributed by atoms with Crippen molar-refractivity contribution in [2.45, 2.75) is 33.0 Å². The lowest BCUT2D eigenvalue weighted by Crippen LogP contribution is -2.36. The lowest BCUT2D eigenvalue weighted by atomic mass is 10.1. The van der Waals surface area contributed by atoms with Crippen molar-refractivity contribution in [2.24, 2.45) is 0 Å². The van der Waals surface area contributed by atoms with Gasteiger partial charge in [-0.05, 0) is 19.9 Å². The molecule has 3 aromatic rings. The number of aryl methyl sites for hydroxylation is 1. The highest BCUT2D eigenvalue weighted by atomic mass is 32.1. The van der Waals surface area contributed by atoms with Gasteiger partial charge in [0.2, 0.25) is 0 Å². The zero-order valence-corrected chi connectivity index (χ0v) is 16.8. The zero-order chi connectivity index (χ0) is 19.0. The molecule has 0 unspecified atom stereocenters. The molecule has 4 rings (SSSR count). The average Bonchev–Trinajstić information content (AvgIpc) is 3.30. The Bertz CT molecular complexity index is 951. The van der Waals surface area contributed by atoms with Crippen LogP contribution in [0.25, 0.3) is 11.5 Å². The molecule has 1 atom stereocenters. The van der Waals surface area contributed by atoms with Gasteiger partial charge < -0.3 is 14.0 Å². The Balaban J connectivity index is 1.58. The first-order valence-electron chi connectivity index (χ1n) is 8.91. The van der Waals surface area contributed by atoms with Gasteiger partial charge >= 0.3 is 0 Å². The summed E-state index contributed by atoms with van der Waals surface area (Å²) in [6, 6.07) is 6.12. The molecule has 0 saturated carbocycles. The number of hydrogen-bond donors (Lipinski definition) is 0. The van der Waals surface area contributed by atoms with Crippen LogP contribution in [0.15, 0.2) is 23.6 Å². The van der Waals surface area contributed by atoms with Gasteiger partial charge in [-0.2, -0.15) is 0 Å². The molecule has 3 heterocycles. The second kappa shape index (κ2) is 7.28. The molecular formula is C19H23N5O2S. The number of thiazole rings is 1. The molecule has 1 aliphatic heterocycles. The zero-order valence-electron chi connectivity index (χ0n) is 16.0. The van der Waals surface area contributed by atoms with Crippen LogP contribution in [0, 0.1) is 6.92 Å². The smallest absolute Gasteiger partial charge is 0.183 e. The summed E-state index contributed by atoms with van der Waals surface area (Å²) in [7, 11) is 3.35. The highest BCUT2D eigenvalue weighted by Crippen LogP contribution is 2.32. The molecule has 2 aromatic heterocycles. The Hall–Kier alpha value is -2.45. The van der Waals surface area contributed by atoms with Gasteiger partial charge in [0.25, 0.3) is 0 Å². The molecular weight excluding hydrogens is 362 g/mol. The Kier molecular flexibility index (Phi) is 4.84. The molecule has 142 valence electrons. The predicted octanol–water partition coefficient (Wildman–Crippen LogP) is 3.30. The van der Waals surface area contributed by atoms with E-state index in [1.165, 1.54) is 0 Å². The molecule has 0 saturated heterocycles. The van der Waals surface area contributed by atoms with Gasteiger partial charge in [-0.15, -0.1) is 21.5 Å². The summed E-state index contributed by atoms with van der Waals surface area (Å²) >= 11 is 1.64. The fraction of sp³-hybridized carbons (Fsp3) is 0.421. The van der Waals surface area contributed by atoms with E-state index in [2.05, 4.69) is 37.6 Å². The Labute approximate surface area is 162 Å². The van der Waals surface area contributed by atoms with Crippen molar-refractivity contribution in [3.63, 3.8) is 0 Å². The van der Waals surface area contributed by atoms with Gasteiger partial charge in [0.1, 0.15) is 17.2 Å². The molecule has 0 radical (unpaired) electrons. The van der Waals surface area contributed by atoms with E-state index < -0.39 is 0 Å². The molecule has 0 bridgehead atoms. The highest BCUT2D eigenvalue weighted by molar-refractivity contribution is 7.09. The first-order chi connectivity index (χ1) is 13.1. The van der Waals surface area contributed by atoms with E-state index in [4.69, 9.17) is 9.47 Å². The number of ether oxygens (including phenoxy) is 2. The highest BCUT2D eigenvalue weighted by Gasteiger charge is 2.29. The summed E-state index contributed by atoms with van der Waals surface area (Å²) in [5.74, 6) is 3.48. The molecule has 0 N–H and O–H groups in total. The lowest BCUT2D eigenvalue weighted by Gasteiger charge is -2.33. The van der Waals surface area contributed by atoms with Crippen LogP contribution >= 0.6 is 11.3 Å². The fourth-order valence-electron chi connectivity index (χ4n) is 3.50. The Morgan fingerprint density at radius 1 is 1.19 bits per heavy atom. The number of rotatable bonds is 5. The standard InChI is InChI=1S/C19H23N5O2S/c1-12-18-21-22-19(16-11-27-13(2)20-16)24(18)8-7-23(12)10-14-5-6-15(25-3)9-17(14)26-4/h5-6,9,11-12H,7-8,10H2,1-4H3/t12-/m1/s1. The van der Waals surface area contributed by atoms with E-state index in [0.29, 0.717) is 0 Å². The maximum absolute atomic E-state index is 5.55. The maximum atomic E-state index is 5.55. The van der Waals surface area contributed by atoms with Gasteiger partial charge in [-0.1, -0.05) is 6.07 Å². The monoisotopic (exact) mass is 385 g/mol. The molecule has 8 heteroatoms. The van der Waals surface area contributed by atoms with Gasteiger partial charge in [0.15, 0.2) is 11.6 Å². The van der Waals surface area contributed by atoms with Gasteiger partial charge in [0.05, 0.1) is 25.3 Å². The molecule has 0 aliphatic carbocycles. The van der Waals surface area contributed by atoms with E-state index in [0.717, 1.165) is 59.0 Å². The van der Waals surface area contributed by atoms with E-state index >= 15 is 0 Å².